The van der Waals surface area contributed by atoms with Crippen LogP contribution in [0.15, 0.2) is 58.4 Å². The third kappa shape index (κ3) is 5.90. The molecule has 1 heterocycles. The van der Waals surface area contributed by atoms with Gasteiger partial charge in [-0.15, -0.1) is 0 Å². The number of benzene rings is 2. The molecule has 0 aromatic heterocycles. The van der Waals surface area contributed by atoms with E-state index >= 15 is 0 Å². The monoisotopic (exact) mass is 494 g/mol. The Morgan fingerprint density at radius 1 is 1.09 bits per heavy atom. The summed E-state index contributed by atoms with van der Waals surface area (Å²) in [6, 6.07) is 9.78. The Hall–Kier alpha value is -3.47. The number of hydrogen-bond acceptors (Lipinski definition) is 7. The maximum Gasteiger partial charge on any atom is 0.416 e. The van der Waals surface area contributed by atoms with Crippen LogP contribution in [0.4, 0.5) is 18.9 Å². The second-order valence-electron chi connectivity index (χ2n) is 6.97. The Kier molecular flexibility index (Phi) is 7.87. The predicted molar refractivity (Wildman–Crippen MR) is 121 cm³/mol. The van der Waals surface area contributed by atoms with Gasteiger partial charge in [0, 0.05) is 12.6 Å². The van der Waals surface area contributed by atoms with Crippen LogP contribution in [-0.4, -0.2) is 49.8 Å². The number of esters is 1. The van der Waals surface area contributed by atoms with Gasteiger partial charge in [-0.3, -0.25) is 9.69 Å². The van der Waals surface area contributed by atoms with Crippen molar-refractivity contribution < 1.29 is 37.0 Å². The molecule has 0 spiro atoms. The molecule has 0 atom stereocenters. The number of methoxy groups -OCH3 is 3. The Bertz CT molecular complexity index is 1150. The Morgan fingerprint density at radius 2 is 1.82 bits per heavy atom. The van der Waals surface area contributed by atoms with E-state index in [1.807, 2.05) is 6.07 Å². The van der Waals surface area contributed by atoms with Crippen molar-refractivity contribution in [3.63, 3.8) is 0 Å². The molecule has 7 nitrogen and oxygen atoms in total. The van der Waals surface area contributed by atoms with Gasteiger partial charge in [-0.1, -0.05) is 12.1 Å². The highest BCUT2D eigenvalue weighted by Crippen LogP contribution is 2.35. The van der Waals surface area contributed by atoms with Crippen LogP contribution in [-0.2, 0) is 26.9 Å². The average molecular weight is 494 g/mol. The van der Waals surface area contributed by atoms with Gasteiger partial charge >= 0.3 is 12.1 Å². The number of halogens is 3. The van der Waals surface area contributed by atoms with Crippen molar-refractivity contribution >= 4 is 34.5 Å². The van der Waals surface area contributed by atoms with Gasteiger partial charge in [-0.2, -0.15) is 13.2 Å². The van der Waals surface area contributed by atoms with Gasteiger partial charge in [0.25, 0.3) is 5.91 Å². The van der Waals surface area contributed by atoms with Gasteiger partial charge in [-0.25, -0.2) is 9.79 Å². The molecule has 0 unspecified atom stereocenters. The molecule has 1 fully saturated rings. The molecule has 0 aliphatic carbocycles. The molecule has 1 aliphatic rings. The van der Waals surface area contributed by atoms with E-state index in [-0.39, 0.29) is 22.3 Å². The topological polar surface area (TPSA) is 77.4 Å². The van der Waals surface area contributed by atoms with Crippen molar-refractivity contribution in [1.82, 2.24) is 4.90 Å². The van der Waals surface area contributed by atoms with E-state index in [1.165, 1.54) is 38.4 Å². The summed E-state index contributed by atoms with van der Waals surface area (Å²) >= 11 is 0.888. The standard InChI is InChI=1S/C23H21F3N2O5S/c1-31-17-8-7-14(11-18(17)32-2)9-10-28-21(30)19(13-20(29)33-3)34-22(28)27-16-6-4-5-15(12-16)23(24,25)26/h4-8,11-13H,9-10H2,1-3H3. The van der Waals surface area contributed by atoms with Crippen molar-refractivity contribution in [1.29, 1.82) is 0 Å². The lowest BCUT2D eigenvalue weighted by Crippen LogP contribution is -2.31. The fourth-order valence-electron chi connectivity index (χ4n) is 3.09. The second-order valence-corrected chi connectivity index (χ2v) is 7.98. The van der Waals surface area contributed by atoms with Crippen LogP contribution in [0.5, 0.6) is 11.5 Å². The van der Waals surface area contributed by atoms with Crippen LogP contribution in [0, 0.1) is 0 Å². The van der Waals surface area contributed by atoms with Crippen LogP contribution >= 0.6 is 11.8 Å². The molecule has 3 rings (SSSR count). The Labute approximate surface area is 198 Å². The summed E-state index contributed by atoms with van der Waals surface area (Å²) in [7, 11) is 4.20. The first kappa shape index (κ1) is 25.2. The van der Waals surface area contributed by atoms with E-state index in [4.69, 9.17) is 9.47 Å². The predicted octanol–water partition coefficient (Wildman–Crippen LogP) is 4.59. The molecule has 180 valence electrons. The minimum atomic E-state index is -4.53. The van der Waals surface area contributed by atoms with E-state index in [1.54, 1.807) is 12.1 Å². The minimum Gasteiger partial charge on any atom is -0.493 e. The molecule has 11 heteroatoms. The number of hydrogen-bond donors (Lipinski definition) is 0. The number of amidine groups is 1. The van der Waals surface area contributed by atoms with E-state index in [2.05, 4.69) is 9.73 Å². The van der Waals surface area contributed by atoms with Crippen LogP contribution < -0.4 is 9.47 Å². The third-order valence-electron chi connectivity index (χ3n) is 4.81. The maximum atomic E-state index is 13.1. The zero-order chi connectivity index (χ0) is 24.9. The summed E-state index contributed by atoms with van der Waals surface area (Å²) in [5.41, 5.74) is 0.00528. The highest BCUT2D eigenvalue weighted by atomic mass is 32.2. The number of nitrogens with zero attached hydrogens (tertiary/aromatic N) is 2. The lowest BCUT2D eigenvalue weighted by Gasteiger charge is -2.16. The lowest BCUT2D eigenvalue weighted by atomic mass is 10.1. The van der Waals surface area contributed by atoms with Crippen molar-refractivity contribution in [3.8, 4) is 11.5 Å². The number of carbonyl (C=O) groups is 2. The molecule has 0 radical (unpaired) electrons. The number of ether oxygens (including phenoxy) is 3. The Balaban J connectivity index is 1.92. The van der Waals surface area contributed by atoms with Crippen molar-refractivity contribution in [2.45, 2.75) is 12.6 Å². The normalized spacial score (nSPS) is 16.3. The lowest BCUT2D eigenvalue weighted by molar-refractivity contribution is -0.137. The van der Waals surface area contributed by atoms with Crippen molar-refractivity contribution in [3.05, 3.63) is 64.6 Å². The first-order valence-electron chi connectivity index (χ1n) is 9.92. The van der Waals surface area contributed by atoms with Crippen LogP contribution in [0.25, 0.3) is 0 Å². The van der Waals surface area contributed by atoms with E-state index in [0.717, 1.165) is 35.5 Å². The summed E-state index contributed by atoms with van der Waals surface area (Å²) < 4.78 is 54.4. The molecule has 1 aliphatic heterocycles. The minimum absolute atomic E-state index is 0.0283. The SMILES string of the molecule is COC(=O)C=C1SC(=Nc2cccc(C(F)(F)F)c2)N(CCc2ccc(OC)c(OC)c2)C1=O. The number of thioether (sulfide) groups is 1. The summed E-state index contributed by atoms with van der Waals surface area (Å²) in [5, 5.41) is 0.153. The van der Waals surface area contributed by atoms with Gasteiger partial charge in [0.1, 0.15) is 0 Å². The molecular formula is C23H21F3N2O5S. The van der Waals surface area contributed by atoms with E-state index < -0.39 is 23.6 Å². The van der Waals surface area contributed by atoms with Gasteiger partial charge in [0.2, 0.25) is 0 Å². The number of carbonyl (C=O) groups excluding carboxylic acids is 2. The van der Waals surface area contributed by atoms with Crippen molar-refractivity contribution in [2.24, 2.45) is 4.99 Å². The largest absolute Gasteiger partial charge is 0.493 e. The maximum absolute atomic E-state index is 13.1. The smallest absolute Gasteiger partial charge is 0.416 e. The van der Waals surface area contributed by atoms with Gasteiger partial charge in [-0.05, 0) is 54.1 Å². The summed E-state index contributed by atoms with van der Waals surface area (Å²) in [4.78, 5) is 30.3. The van der Waals surface area contributed by atoms with Gasteiger partial charge < -0.3 is 14.2 Å². The summed E-state index contributed by atoms with van der Waals surface area (Å²) in [5.74, 6) is -0.155. The van der Waals surface area contributed by atoms with Crippen LogP contribution in [0.2, 0.25) is 0 Å². The fourth-order valence-corrected chi connectivity index (χ4v) is 4.08. The number of amides is 1. The molecular weight excluding hydrogens is 473 g/mol. The average Bonchev–Trinajstić information content (AvgIpc) is 3.10. The molecule has 1 saturated heterocycles. The summed E-state index contributed by atoms with van der Waals surface area (Å²) in [6.07, 6.45) is -3.11. The zero-order valence-corrected chi connectivity index (χ0v) is 19.3. The van der Waals surface area contributed by atoms with Crippen molar-refractivity contribution in [2.75, 3.05) is 27.9 Å². The molecule has 34 heavy (non-hydrogen) atoms. The highest BCUT2D eigenvalue weighted by Gasteiger charge is 2.34. The number of rotatable bonds is 7. The van der Waals surface area contributed by atoms with Gasteiger partial charge in [0.05, 0.1) is 37.5 Å². The molecule has 0 bridgehead atoms. The number of aliphatic imine (C=N–C) groups is 1. The highest BCUT2D eigenvalue weighted by molar-refractivity contribution is 8.18. The van der Waals surface area contributed by atoms with E-state index in [0.29, 0.717) is 17.9 Å². The third-order valence-corrected chi connectivity index (χ3v) is 5.82. The quantitative estimate of drug-likeness (QED) is 0.414. The molecule has 2 aromatic rings. The van der Waals surface area contributed by atoms with Crippen LogP contribution in [0.1, 0.15) is 11.1 Å². The number of alkyl halides is 3. The molecule has 0 N–H and O–H groups in total. The molecule has 2 aromatic carbocycles. The zero-order valence-electron chi connectivity index (χ0n) is 18.5. The van der Waals surface area contributed by atoms with E-state index in [9.17, 15) is 22.8 Å². The first-order valence-corrected chi connectivity index (χ1v) is 10.7. The van der Waals surface area contributed by atoms with Crippen LogP contribution in [0.3, 0.4) is 0 Å². The summed E-state index contributed by atoms with van der Waals surface area (Å²) in [6.45, 7) is 0.164. The Morgan fingerprint density at radius 3 is 2.47 bits per heavy atom. The first-order chi connectivity index (χ1) is 16.2. The fraction of sp³-hybridized carbons (Fsp3) is 0.261. The molecule has 0 saturated carbocycles. The molecule has 1 amide bonds. The van der Waals surface area contributed by atoms with Gasteiger partial charge in [0.15, 0.2) is 16.7 Å². The second kappa shape index (κ2) is 10.6.